The molecule has 1 aliphatic rings. The average Bonchev–Trinajstić information content (AvgIpc) is 2.80. The third-order valence-corrected chi connectivity index (χ3v) is 4.24. The first kappa shape index (κ1) is 12.3. The summed E-state index contributed by atoms with van der Waals surface area (Å²) in [5, 5.41) is 3.45. The molecule has 0 aliphatic heterocycles. The van der Waals surface area contributed by atoms with E-state index in [0.29, 0.717) is 12.6 Å². The first-order valence-corrected chi connectivity index (χ1v) is 6.51. The summed E-state index contributed by atoms with van der Waals surface area (Å²) >= 11 is 7.69. The van der Waals surface area contributed by atoms with Gasteiger partial charge < -0.3 is 14.8 Å². The summed E-state index contributed by atoms with van der Waals surface area (Å²) in [4.78, 5) is 1.41. The first-order valence-electron chi connectivity index (χ1n) is 5.31. The largest absolute Gasteiger partial charge is 0.355 e. The summed E-state index contributed by atoms with van der Waals surface area (Å²) in [7, 11) is 3.30. The van der Waals surface area contributed by atoms with Crippen LogP contribution in [0.5, 0.6) is 0 Å². The van der Waals surface area contributed by atoms with Gasteiger partial charge in [0.2, 0.25) is 0 Å². The van der Waals surface area contributed by atoms with Crippen LogP contribution in [0.15, 0.2) is 6.07 Å². The second kappa shape index (κ2) is 5.47. The second-order valence-electron chi connectivity index (χ2n) is 3.83. The van der Waals surface area contributed by atoms with E-state index in [2.05, 4.69) is 11.4 Å². The molecule has 1 N–H and O–H groups in total. The minimum absolute atomic E-state index is 0.182. The smallest absolute Gasteiger partial charge is 0.169 e. The van der Waals surface area contributed by atoms with Crippen LogP contribution >= 0.6 is 22.9 Å². The van der Waals surface area contributed by atoms with E-state index in [1.54, 1.807) is 25.6 Å². The maximum atomic E-state index is 6.00. The number of aryl methyl sites for hydroxylation is 1. The maximum absolute atomic E-state index is 6.00. The van der Waals surface area contributed by atoms with Crippen LogP contribution in [-0.4, -0.2) is 27.1 Å². The molecule has 1 atom stereocenters. The van der Waals surface area contributed by atoms with E-state index in [9.17, 15) is 0 Å². The van der Waals surface area contributed by atoms with Crippen molar-refractivity contribution in [2.24, 2.45) is 0 Å². The molecule has 0 saturated heterocycles. The fraction of sp³-hybridized carbons (Fsp3) is 0.636. The van der Waals surface area contributed by atoms with Gasteiger partial charge in [0.1, 0.15) is 0 Å². The number of nitrogens with one attached hydrogen (secondary N) is 1. The lowest BCUT2D eigenvalue weighted by Gasteiger charge is -2.18. The number of halogens is 1. The third-order valence-electron chi connectivity index (χ3n) is 2.90. The molecule has 90 valence electrons. The van der Waals surface area contributed by atoms with E-state index in [-0.39, 0.29) is 6.29 Å². The standard InChI is InChI=1S/C11H16ClNO2S/c1-14-11(15-2)6-13-8-3-4-9-7(8)5-10(12)16-9/h5,8,11,13H,3-4,6H2,1-2H3. The normalized spacial score (nSPS) is 19.4. The molecule has 1 aliphatic carbocycles. The van der Waals surface area contributed by atoms with Crippen molar-refractivity contribution in [2.75, 3.05) is 20.8 Å². The number of rotatable bonds is 5. The monoisotopic (exact) mass is 261 g/mol. The second-order valence-corrected chi connectivity index (χ2v) is 5.60. The van der Waals surface area contributed by atoms with Crippen LogP contribution in [0.25, 0.3) is 0 Å². The predicted molar refractivity (Wildman–Crippen MR) is 66.2 cm³/mol. The van der Waals surface area contributed by atoms with Gasteiger partial charge in [-0.3, -0.25) is 0 Å². The summed E-state index contributed by atoms with van der Waals surface area (Å²) < 4.78 is 11.2. The number of hydrogen-bond donors (Lipinski definition) is 1. The lowest BCUT2D eigenvalue weighted by Crippen LogP contribution is -2.31. The third kappa shape index (κ3) is 2.57. The highest BCUT2D eigenvalue weighted by atomic mass is 35.5. The molecule has 1 unspecified atom stereocenters. The van der Waals surface area contributed by atoms with Gasteiger partial charge in [-0.2, -0.15) is 0 Å². The molecule has 0 radical (unpaired) electrons. The van der Waals surface area contributed by atoms with Gasteiger partial charge in [0.05, 0.1) is 4.34 Å². The molecule has 0 aromatic carbocycles. The van der Waals surface area contributed by atoms with Gasteiger partial charge in [0.25, 0.3) is 0 Å². The highest BCUT2D eigenvalue weighted by Gasteiger charge is 2.25. The Morgan fingerprint density at radius 3 is 3.00 bits per heavy atom. The van der Waals surface area contributed by atoms with Crippen molar-refractivity contribution in [3.63, 3.8) is 0 Å². The number of methoxy groups -OCH3 is 2. The number of fused-ring (bicyclic) bond motifs is 1. The Morgan fingerprint density at radius 2 is 2.31 bits per heavy atom. The van der Waals surface area contributed by atoms with Gasteiger partial charge in [-0.25, -0.2) is 0 Å². The van der Waals surface area contributed by atoms with Crippen LogP contribution in [0, 0.1) is 0 Å². The van der Waals surface area contributed by atoms with Crippen LogP contribution in [-0.2, 0) is 15.9 Å². The molecule has 1 aromatic heterocycles. The fourth-order valence-electron chi connectivity index (χ4n) is 2.04. The molecule has 1 aromatic rings. The maximum Gasteiger partial charge on any atom is 0.169 e. The average molecular weight is 262 g/mol. The van der Waals surface area contributed by atoms with Crippen LogP contribution in [0.3, 0.4) is 0 Å². The fourth-order valence-corrected chi connectivity index (χ4v) is 3.40. The molecule has 0 fully saturated rings. The van der Waals surface area contributed by atoms with Gasteiger partial charge in [-0.1, -0.05) is 11.6 Å². The molecule has 0 saturated carbocycles. The number of thiophene rings is 1. The molecule has 5 heteroatoms. The summed E-state index contributed by atoms with van der Waals surface area (Å²) in [6.07, 6.45) is 2.08. The summed E-state index contributed by atoms with van der Waals surface area (Å²) in [6, 6.07) is 2.47. The van der Waals surface area contributed by atoms with Crippen molar-refractivity contribution in [1.82, 2.24) is 5.32 Å². The van der Waals surface area contributed by atoms with Gasteiger partial charge in [0, 0.05) is 31.7 Å². The first-order chi connectivity index (χ1) is 7.74. The van der Waals surface area contributed by atoms with Gasteiger partial charge >= 0.3 is 0 Å². The van der Waals surface area contributed by atoms with Crippen LogP contribution in [0.2, 0.25) is 4.34 Å². The Balaban J connectivity index is 1.92. The van der Waals surface area contributed by atoms with Crippen molar-refractivity contribution in [2.45, 2.75) is 25.2 Å². The highest BCUT2D eigenvalue weighted by Crippen LogP contribution is 2.39. The lowest BCUT2D eigenvalue weighted by atomic mass is 10.2. The zero-order valence-electron chi connectivity index (χ0n) is 9.46. The van der Waals surface area contributed by atoms with Gasteiger partial charge in [-0.05, 0) is 24.5 Å². The molecular formula is C11H16ClNO2S. The van der Waals surface area contributed by atoms with Crippen molar-refractivity contribution in [1.29, 1.82) is 0 Å². The van der Waals surface area contributed by atoms with Gasteiger partial charge in [0.15, 0.2) is 6.29 Å². The van der Waals surface area contributed by atoms with Crippen molar-refractivity contribution < 1.29 is 9.47 Å². The van der Waals surface area contributed by atoms with Crippen LogP contribution in [0.4, 0.5) is 0 Å². The zero-order chi connectivity index (χ0) is 11.5. The minimum atomic E-state index is -0.182. The van der Waals surface area contributed by atoms with E-state index in [1.165, 1.54) is 10.4 Å². The molecule has 0 bridgehead atoms. The van der Waals surface area contributed by atoms with Crippen molar-refractivity contribution in [3.05, 3.63) is 20.8 Å². The topological polar surface area (TPSA) is 30.5 Å². The van der Waals surface area contributed by atoms with E-state index in [0.717, 1.165) is 17.2 Å². The Morgan fingerprint density at radius 1 is 1.56 bits per heavy atom. The molecular weight excluding hydrogens is 246 g/mol. The van der Waals surface area contributed by atoms with E-state index < -0.39 is 0 Å². The molecule has 16 heavy (non-hydrogen) atoms. The summed E-state index contributed by atoms with van der Waals surface area (Å²) in [5.41, 5.74) is 1.35. The van der Waals surface area contributed by atoms with Crippen LogP contribution < -0.4 is 5.32 Å². The van der Waals surface area contributed by atoms with Gasteiger partial charge in [-0.15, -0.1) is 11.3 Å². The zero-order valence-corrected chi connectivity index (χ0v) is 11.0. The quantitative estimate of drug-likeness (QED) is 0.827. The lowest BCUT2D eigenvalue weighted by molar-refractivity contribution is -0.0999. The Kier molecular flexibility index (Phi) is 4.21. The van der Waals surface area contributed by atoms with Crippen molar-refractivity contribution in [3.8, 4) is 0 Å². The Labute approximate surface area is 105 Å². The SMILES string of the molecule is COC(CNC1CCc2sc(Cl)cc21)OC. The summed E-state index contributed by atoms with van der Waals surface area (Å²) in [5.74, 6) is 0. The number of ether oxygens (including phenoxy) is 2. The van der Waals surface area contributed by atoms with Crippen LogP contribution in [0.1, 0.15) is 22.9 Å². The molecule has 2 rings (SSSR count). The molecule has 0 amide bonds. The van der Waals surface area contributed by atoms with Crippen molar-refractivity contribution >= 4 is 22.9 Å². The molecule has 1 heterocycles. The predicted octanol–water partition coefficient (Wildman–Crippen LogP) is 2.60. The molecule has 3 nitrogen and oxygen atoms in total. The van der Waals surface area contributed by atoms with E-state index in [1.807, 2.05) is 0 Å². The Bertz CT molecular complexity index is 352. The number of hydrogen-bond acceptors (Lipinski definition) is 4. The highest BCUT2D eigenvalue weighted by molar-refractivity contribution is 7.16. The van der Waals surface area contributed by atoms with E-state index in [4.69, 9.17) is 21.1 Å². The Hall–Kier alpha value is -0.130. The van der Waals surface area contributed by atoms with E-state index >= 15 is 0 Å². The summed E-state index contributed by atoms with van der Waals surface area (Å²) in [6.45, 7) is 0.699. The molecule has 0 spiro atoms. The minimum Gasteiger partial charge on any atom is -0.355 e.